The molecule has 0 saturated heterocycles. The molecular formula is C13H14N4OS. The second-order valence-corrected chi connectivity index (χ2v) is 5.65. The first-order chi connectivity index (χ1) is 9.15. The van der Waals surface area contributed by atoms with E-state index in [2.05, 4.69) is 23.2 Å². The molecule has 1 aliphatic heterocycles. The van der Waals surface area contributed by atoms with Gasteiger partial charge in [-0.3, -0.25) is 4.79 Å². The number of aryl methyl sites for hydroxylation is 2. The number of fused-ring (bicyclic) bond motifs is 1. The number of nitrogen functional groups attached to an aromatic ring is 1. The van der Waals surface area contributed by atoms with E-state index < -0.39 is 0 Å². The fourth-order valence-electron chi connectivity index (χ4n) is 2.37. The number of anilines is 2. The number of aromatic nitrogens is 2. The average Bonchev–Trinajstić information content (AvgIpc) is 2.83. The lowest BCUT2D eigenvalue weighted by Crippen LogP contribution is -2.35. The molecule has 0 aliphatic carbocycles. The van der Waals surface area contributed by atoms with Crippen LogP contribution in [0.3, 0.4) is 0 Å². The summed E-state index contributed by atoms with van der Waals surface area (Å²) in [6, 6.07) is 6.17. The van der Waals surface area contributed by atoms with Crippen LogP contribution in [0.1, 0.15) is 27.3 Å². The Morgan fingerprint density at radius 2 is 2.26 bits per heavy atom. The van der Waals surface area contributed by atoms with Crippen molar-refractivity contribution >= 4 is 28.1 Å². The van der Waals surface area contributed by atoms with Gasteiger partial charge in [0.1, 0.15) is 0 Å². The van der Waals surface area contributed by atoms with Crippen molar-refractivity contribution in [2.75, 3.05) is 17.2 Å². The first-order valence-corrected chi connectivity index (χ1v) is 6.97. The molecule has 6 heteroatoms. The van der Waals surface area contributed by atoms with Crippen molar-refractivity contribution in [2.45, 2.75) is 19.8 Å². The highest BCUT2D eigenvalue weighted by Gasteiger charge is 2.25. The van der Waals surface area contributed by atoms with Gasteiger partial charge in [-0.15, -0.1) is 10.2 Å². The monoisotopic (exact) mass is 274 g/mol. The van der Waals surface area contributed by atoms with Crippen molar-refractivity contribution in [2.24, 2.45) is 0 Å². The molecule has 5 nitrogen and oxygen atoms in total. The molecule has 1 amide bonds. The molecule has 0 radical (unpaired) electrons. The van der Waals surface area contributed by atoms with Gasteiger partial charge in [-0.25, -0.2) is 0 Å². The molecule has 3 rings (SSSR count). The van der Waals surface area contributed by atoms with E-state index in [1.165, 1.54) is 11.1 Å². The van der Waals surface area contributed by atoms with Crippen LogP contribution in [0.2, 0.25) is 0 Å². The van der Waals surface area contributed by atoms with E-state index in [1.807, 2.05) is 12.1 Å². The number of benzene rings is 1. The molecule has 0 fully saturated rings. The van der Waals surface area contributed by atoms with E-state index in [4.69, 9.17) is 5.73 Å². The number of rotatable bonds is 1. The van der Waals surface area contributed by atoms with Gasteiger partial charge in [-0.1, -0.05) is 29.0 Å². The van der Waals surface area contributed by atoms with Crippen molar-refractivity contribution < 1.29 is 4.79 Å². The summed E-state index contributed by atoms with van der Waals surface area (Å²) in [7, 11) is 0. The van der Waals surface area contributed by atoms with Gasteiger partial charge in [-0.05, 0) is 31.4 Å². The third-order valence-corrected chi connectivity index (χ3v) is 3.96. The Hall–Kier alpha value is -1.95. The van der Waals surface area contributed by atoms with E-state index in [1.54, 1.807) is 4.90 Å². The highest BCUT2D eigenvalue weighted by atomic mass is 32.1. The quantitative estimate of drug-likeness (QED) is 0.863. The topological polar surface area (TPSA) is 72.1 Å². The third-order valence-electron chi connectivity index (χ3n) is 3.22. The summed E-state index contributed by atoms with van der Waals surface area (Å²) >= 11 is 1.13. The molecule has 1 aromatic heterocycles. The Kier molecular flexibility index (Phi) is 2.94. The largest absolute Gasteiger partial charge is 0.374 e. The standard InChI is InChI=1S/C13H14N4OS/c1-8-4-5-10-9(7-8)3-2-6-17(10)12(18)11-15-16-13(14)19-11/h4-5,7H,2-3,6H2,1H3,(H2,14,16). The zero-order chi connectivity index (χ0) is 13.4. The molecule has 2 aromatic rings. The Labute approximate surface area is 115 Å². The van der Waals surface area contributed by atoms with Gasteiger partial charge < -0.3 is 10.6 Å². The SMILES string of the molecule is Cc1ccc2c(c1)CCCN2C(=O)c1nnc(N)s1. The van der Waals surface area contributed by atoms with Gasteiger partial charge >= 0.3 is 0 Å². The first-order valence-electron chi connectivity index (χ1n) is 6.15. The van der Waals surface area contributed by atoms with Crippen LogP contribution >= 0.6 is 11.3 Å². The van der Waals surface area contributed by atoms with Gasteiger partial charge in [0.05, 0.1) is 0 Å². The number of carbonyl (C=O) groups is 1. The summed E-state index contributed by atoms with van der Waals surface area (Å²) in [4.78, 5) is 14.2. The fraction of sp³-hybridized carbons (Fsp3) is 0.308. The predicted octanol–water partition coefficient (Wildman–Crippen LogP) is 2.02. The van der Waals surface area contributed by atoms with E-state index in [0.29, 0.717) is 16.7 Å². The molecule has 1 aromatic carbocycles. The first kappa shape index (κ1) is 12.1. The fourth-order valence-corrected chi connectivity index (χ4v) is 2.93. The molecule has 1 aliphatic rings. The molecule has 0 unspecified atom stereocenters. The minimum Gasteiger partial charge on any atom is -0.374 e. The van der Waals surface area contributed by atoms with E-state index in [9.17, 15) is 4.79 Å². The van der Waals surface area contributed by atoms with E-state index in [0.717, 1.165) is 29.9 Å². The normalized spacial score (nSPS) is 14.3. The van der Waals surface area contributed by atoms with Crippen LogP contribution in [0.5, 0.6) is 0 Å². The van der Waals surface area contributed by atoms with Gasteiger partial charge in [0.15, 0.2) is 0 Å². The smallest absolute Gasteiger partial charge is 0.289 e. The average molecular weight is 274 g/mol. The van der Waals surface area contributed by atoms with Crippen molar-refractivity contribution in [3.63, 3.8) is 0 Å². The van der Waals surface area contributed by atoms with E-state index >= 15 is 0 Å². The van der Waals surface area contributed by atoms with Crippen LogP contribution in [0, 0.1) is 6.92 Å². The molecule has 0 spiro atoms. The highest BCUT2D eigenvalue weighted by Crippen LogP contribution is 2.29. The second-order valence-electron chi connectivity index (χ2n) is 4.64. The summed E-state index contributed by atoms with van der Waals surface area (Å²) in [6.45, 7) is 2.78. The lowest BCUT2D eigenvalue weighted by molar-refractivity contribution is 0.0984. The Bertz CT molecular complexity index is 637. The summed E-state index contributed by atoms with van der Waals surface area (Å²) in [5.41, 5.74) is 8.95. The molecule has 19 heavy (non-hydrogen) atoms. The second kappa shape index (κ2) is 4.62. The number of amides is 1. The van der Waals surface area contributed by atoms with Crippen molar-refractivity contribution in [1.29, 1.82) is 0 Å². The Morgan fingerprint density at radius 3 is 3.00 bits per heavy atom. The third kappa shape index (κ3) is 2.19. The van der Waals surface area contributed by atoms with Gasteiger partial charge in [-0.2, -0.15) is 0 Å². The zero-order valence-electron chi connectivity index (χ0n) is 10.6. The van der Waals surface area contributed by atoms with Crippen LogP contribution in [0.4, 0.5) is 10.8 Å². The minimum absolute atomic E-state index is 0.112. The van der Waals surface area contributed by atoms with Crippen LogP contribution in [-0.4, -0.2) is 22.6 Å². The lowest BCUT2D eigenvalue weighted by atomic mass is 9.99. The van der Waals surface area contributed by atoms with Crippen molar-refractivity contribution in [1.82, 2.24) is 10.2 Å². The summed E-state index contributed by atoms with van der Waals surface area (Å²) in [5, 5.41) is 8.21. The van der Waals surface area contributed by atoms with Crippen LogP contribution in [0.15, 0.2) is 18.2 Å². The maximum atomic E-state index is 12.4. The maximum absolute atomic E-state index is 12.4. The number of carbonyl (C=O) groups excluding carboxylic acids is 1. The van der Waals surface area contributed by atoms with Gasteiger partial charge in [0.25, 0.3) is 5.91 Å². The van der Waals surface area contributed by atoms with Crippen LogP contribution in [0.25, 0.3) is 0 Å². The Morgan fingerprint density at radius 1 is 1.42 bits per heavy atom. The van der Waals surface area contributed by atoms with Crippen LogP contribution in [-0.2, 0) is 6.42 Å². The molecule has 98 valence electrons. The van der Waals surface area contributed by atoms with Crippen molar-refractivity contribution in [3.8, 4) is 0 Å². The van der Waals surface area contributed by atoms with Crippen molar-refractivity contribution in [3.05, 3.63) is 34.3 Å². The predicted molar refractivity (Wildman–Crippen MR) is 75.5 cm³/mol. The zero-order valence-corrected chi connectivity index (χ0v) is 11.4. The maximum Gasteiger partial charge on any atom is 0.289 e. The summed E-state index contributed by atoms with van der Waals surface area (Å²) in [5.74, 6) is -0.112. The molecule has 0 atom stereocenters. The van der Waals surface area contributed by atoms with Gasteiger partial charge in [0, 0.05) is 12.2 Å². The van der Waals surface area contributed by atoms with Gasteiger partial charge in [0.2, 0.25) is 10.1 Å². The van der Waals surface area contributed by atoms with Crippen LogP contribution < -0.4 is 10.6 Å². The molecular weight excluding hydrogens is 260 g/mol. The number of nitrogens with two attached hydrogens (primary N) is 1. The minimum atomic E-state index is -0.112. The number of nitrogens with zero attached hydrogens (tertiary/aromatic N) is 3. The molecule has 2 heterocycles. The lowest BCUT2D eigenvalue weighted by Gasteiger charge is -2.28. The van der Waals surface area contributed by atoms with E-state index in [-0.39, 0.29) is 5.91 Å². The molecule has 2 N–H and O–H groups in total. The Balaban J connectivity index is 1.97. The highest BCUT2D eigenvalue weighted by molar-refractivity contribution is 7.17. The summed E-state index contributed by atoms with van der Waals surface area (Å²) in [6.07, 6.45) is 1.98. The molecule has 0 bridgehead atoms. The number of hydrogen-bond acceptors (Lipinski definition) is 5. The summed E-state index contributed by atoms with van der Waals surface area (Å²) < 4.78 is 0. The molecule has 0 saturated carbocycles. The number of hydrogen-bond donors (Lipinski definition) is 1.